The van der Waals surface area contributed by atoms with Gasteiger partial charge in [0.1, 0.15) is 0 Å². The van der Waals surface area contributed by atoms with E-state index in [1.807, 2.05) is 13.8 Å². The highest BCUT2D eigenvalue weighted by Gasteiger charge is 2.05. The zero-order valence-electron chi connectivity index (χ0n) is 7.99. The fourth-order valence-electron chi connectivity index (χ4n) is 0.859. The molecule has 0 rings (SSSR count). The minimum atomic E-state index is -0.168. The second-order valence-corrected chi connectivity index (χ2v) is 3.50. The molecule has 0 radical (unpaired) electrons. The SMILES string of the molecule is CC(C)CN(C=O)CNC(=O)CS. The van der Waals surface area contributed by atoms with Crippen LogP contribution in [0.15, 0.2) is 0 Å². The summed E-state index contributed by atoms with van der Waals surface area (Å²) >= 11 is 3.80. The topological polar surface area (TPSA) is 49.4 Å². The summed E-state index contributed by atoms with van der Waals surface area (Å²) in [6.45, 7) is 4.94. The first-order chi connectivity index (χ1) is 6.10. The van der Waals surface area contributed by atoms with Gasteiger partial charge in [0, 0.05) is 6.54 Å². The maximum Gasteiger partial charge on any atom is 0.231 e. The molecule has 13 heavy (non-hydrogen) atoms. The quantitative estimate of drug-likeness (QED) is 0.366. The predicted octanol–water partition coefficient (Wildman–Crippen LogP) is 0.104. The summed E-state index contributed by atoms with van der Waals surface area (Å²) in [4.78, 5) is 22.8. The van der Waals surface area contributed by atoms with Crippen LogP contribution < -0.4 is 5.32 Å². The smallest absolute Gasteiger partial charge is 0.231 e. The zero-order valence-corrected chi connectivity index (χ0v) is 8.88. The van der Waals surface area contributed by atoms with Gasteiger partial charge < -0.3 is 10.2 Å². The molecular formula is C8H16N2O2S. The third kappa shape index (κ3) is 6.45. The minimum absolute atomic E-state index is 0.147. The molecule has 76 valence electrons. The molecule has 0 aromatic carbocycles. The molecule has 0 aliphatic carbocycles. The van der Waals surface area contributed by atoms with Gasteiger partial charge in [0.25, 0.3) is 0 Å². The summed E-state index contributed by atoms with van der Waals surface area (Å²) in [5, 5.41) is 2.57. The molecule has 0 aromatic rings. The number of rotatable bonds is 6. The van der Waals surface area contributed by atoms with Crippen LogP contribution in [0.3, 0.4) is 0 Å². The van der Waals surface area contributed by atoms with Gasteiger partial charge in [-0.1, -0.05) is 13.8 Å². The summed E-state index contributed by atoms with van der Waals surface area (Å²) in [7, 11) is 0. The predicted molar refractivity (Wildman–Crippen MR) is 54.5 cm³/mol. The standard InChI is InChI=1S/C8H16N2O2S/c1-7(2)3-10(6-11)5-9-8(12)4-13/h6-7,13H,3-5H2,1-2H3,(H,9,12). The molecule has 0 atom stereocenters. The van der Waals surface area contributed by atoms with Crippen molar-refractivity contribution in [1.82, 2.24) is 10.2 Å². The van der Waals surface area contributed by atoms with Crippen molar-refractivity contribution in [3.05, 3.63) is 0 Å². The molecule has 1 N–H and O–H groups in total. The molecule has 0 aliphatic rings. The lowest BCUT2D eigenvalue weighted by Crippen LogP contribution is -2.39. The van der Waals surface area contributed by atoms with Gasteiger partial charge in [-0.2, -0.15) is 12.6 Å². The van der Waals surface area contributed by atoms with E-state index >= 15 is 0 Å². The van der Waals surface area contributed by atoms with Crippen LogP contribution in [0.2, 0.25) is 0 Å². The average molecular weight is 204 g/mol. The first kappa shape index (κ1) is 12.3. The van der Waals surface area contributed by atoms with Crippen molar-refractivity contribution in [3.63, 3.8) is 0 Å². The van der Waals surface area contributed by atoms with Crippen LogP contribution in [-0.2, 0) is 9.59 Å². The van der Waals surface area contributed by atoms with E-state index in [0.29, 0.717) is 12.5 Å². The molecule has 0 heterocycles. The van der Waals surface area contributed by atoms with Gasteiger partial charge in [-0.15, -0.1) is 0 Å². The van der Waals surface area contributed by atoms with Crippen molar-refractivity contribution in [1.29, 1.82) is 0 Å². The second-order valence-electron chi connectivity index (χ2n) is 3.19. The fourth-order valence-corrected chi connectivity index (χ4v) is 0.971. The average Bonchev–Trinajstić information content (AvgIpc) is 2.10. The monoisotopic (exact) mass is 204 g/mol. The van der Waals surface area contributed by atoms with E-state index in [4.69, 9.17) is 0 Å². The maximum absolute atomic E-state index is 10.8. The van der Waals surface area contributed by atoms with Gasteiger partial charge in [0.15, 0.2) is 0 Å². The lowest BCUT2D eigenvalue weighted by molar-refractivity contribution is -0.122. The first-order valence-corrected chi connectivity index (χ1v) is 4.80. The molecule has 0 unspecified atom stereocenters. The van der Waals surface area contributed by atoms with Gasteiger partial charge in [-0.05, 0) is 5.92 Å². The summed E-state index contributed by atoms with van der Waals surface area (Å²) in [6, 6.07) is 0. The van der Waals surface area contributed by atoms with Crippen molar-refractivity contribution >= 4 is 24.9 Å². The van der Waals surface area contributed by atoms with Crippen LogP contribution in [0.4, 0.5) is 0 Å². The summed E-state index contributed by atoms with van der Waals surface area (Å²) in [6.07, 6.45) is 0.735. The molecule has 2 amide bonds. The Bertz CT molecular complexity index is 174. The molecule has 0 bridgehead atoms. The zero-order chi connectivity index (χ0) is 10.3. The van der Waals surface area contributed by atoms with Gasteiger partial charge in [-0.25, -0.2) is 0 Å². The van der Waals surface area contributed by atoms with Crippen LogP contribution >= 0.6 is 12.6 Å². The fraction of sp³-hybridized carbons (Fsp3) is 0.750. The number of nitrogens with one attached hydrogen (secondary N) is 1. The molecule has 4 nitrogen and oxygen atoms in total. The number of hydrogen-bond donors (Lipinski definition) is 2. The number of carbonyl (C=O) groups is 2. The molecule has 5 heteroatoms. The van der Waals surface area contributed by atoms with E-state index in [1.165, 1.54) is 4.90 Å². The normalized spacial score (nSPS) is 9.85. The van der Waals surface area contributed by atoms with Gasteiger partial charge in [-0.3, -0.25) is 9.59 Å². The van der Waals surface area contributed by atoms with Crippen LogP contribution in [-0.4, -0.2) is 36.2 Å². The number of thiol groups is 1. The van der Waals surface area contributed by atoms with E-state index < -0.39 is 0 Å². The Kier molecular flexibility index (Phi) is 6.40. The third-order valence-electron chi connectivity index (χ3n) is 1.37. The second kappa shape index (κ2) is 6.77. The maximum atomic E-state index is 10.8. The van der Waals surface area contributed by atoms with Crippen molar-refractivity contribution in [2.24, 2.45) is 5.92 Å². The highest BCUT2D eigenvalue weighted by molar-refractivity contribution is 7.81. The Labute approximate surface area is 84.1 Å². The Balaban J connectivity index is 3.71. The van der Waals surface area contributed by atoms with Crippen LogP contribution in [0.25, 0.3) is 0 Å². The lowest BCUT2D eigenvalue weighted by Gasteiger charge is -2.19. The Morgan fingerprint density at radius 3 is 2.62 bits per heavy atom. The van der Waals surface area contributed by atoms with Gasteiger partial charge in [0.2, 0.25) is 12.3 Å². The summed E-state index contributed by atoms with van der Waals surface area (Å²) in [5.41, 5.74) is 0. The van der Waals surface area contributed by atoms with E-state index in [0.717, 1.165) is 6.41 Å². The van der Waals surface area contributed by atoms with Gasteiger partial charge in [0.05, 0.1) is 12.4 Å². The van der Waals surface area contributed by atoms with Crippen LogP contribution in [0, 0.1) is 5.92 Å². The van der Waals surface area contributed by atoms with Crippen molar-refractivity contribution < 1.29 is 9.59 Å². The van der Waals surface area contributed by atoms with Crippen molar-refractivity contribution in [2.45, 2.75) is 13.8 Å². The largest absolute Gasteiger partial charge is 0.338 e. The summed E-state index contributed by atoms with van der Waals surface area (Å²) in [5.74, 6) is 0.381. The molecule has 0 saturated carbocycles. The van der Waals surface area contributed by atoms with Crippen LogP contribution in [0.1, 0.15) is 13.8 Å². The molecule has 0 saturated heterocycles. The van der Waals surface area contributed by atoms with Crippen LogP contribution in [0.5, 0.6) is 0 Å². The number of nitrogens with zero attached hydrogens (tertiary/aromatic N) is 1. The Hall–Kier alpha value is -0.710. The molecule has 0 fully saturated rings. The first-order valence-electron chi connectivity index (χ1n) is 4.17. The Morgan fingerprint density at radius 1 is 1.62 bits per heavy atom. The van der Waals surface area contributed by atoms with E-state index in [1.54, 1.807) is 0 Å². The number of carbonyl (C=O) groups excluding carboxylic acids is 2. The molecule has 0 aliphatic heterocycles. The third-order valence-corrected chi connectivity index (χ3v) is 1.66. The lowest BCUT2D eigenvalue weighted by atomic mass is 10.2. The minimum Gasteiger partial charge on any atom is -0.338 e. The van der Waals surface area contributed by atoms with E-state index in [-0.39, 0.29) is 18.3 Å². The highest BCUT2D eigenvalue weighted by atomic mass is 32.1. The van der Waals surface area contributed by atoms with E-state index in [9.17, 15) is 9.59 Å². The molecular weight excluding hydrogens is 188 g/mol. The van der Waals surface area contributed by atoms with Crippen molar-refractivity contribution in [3.8, 4) is 0 Å². The number of hydrogen-bond acceptors (Lipinski definition) is 3. The van der Waals surface area contributed by atoms with Crippen molar-refractivity contribution in [2.75, 3.05) is 19.0 Å². The Morgan fingerprint density at radius 2 is 2.23 bits per heavy atom. The summed E-state index contributed by atoms with van der Waals surface area (Å²) < 4.78 is 0. The van der Waals surface area contributed by atoms with Gasteiger partial charge >= 0.3 is 0 Å². The number of amides is 2. The van der Waals surface area contributed by atoms with E-state index in [2.05, 4.69) is 17.9 Å². The molecule has 0 spiro atoms. The highest BCUT2D eigenvalue weighted by Crippen LogP contribution is 1.94. The molecule has 0 aromatic heterocycles.